The van der Waals surface area contributed by atoms with Crippen LogP contribution in [-0.4, -0.2) is 64.9 Å². The predicted octanol–water partition coefficient (Wildman–Crippen LogP) is 2.92. The number of nitro groups is 1. The van der Waals surface area contributed by atoms with Crippen molar-refractivity contribution < 1.29 is 9.72 Å². The molecule has 0 radical (unpaired) electrons. The first-order chi connectivity index (χ1) is 14.5. The van der Waals surface area contributed by atoms with Gasteiger partial charge in [0.05, 0.1) is 15.6 Å². The maximum Gasteiger partial charge on any atom is 0.271 e. The van der Waals surface area contributed by atoms with Crippen molar-refractivity contribution in [1.29, 1.82) is 0 Å². The van der Waals surface area contributed by atoms with Gasteiger partial charge in [0.25, 0.3) is 5.69 Å². The first-order valence-corrected chi connectivity index (χ1v) is 11.3. The minimum Gasteiger partial charge on any atom is -0.368 e. The maximum absolute atomic E-state index is 13.0. The van der Waals surface area contributed by atoms with E-state index in [9.17, 15) is 14.9 Å². The van der Waals surface area contributed by atoms with E-state index in [1.54, 1.807) is 23.5 Å². The highest BCUT2D eigenvalue weighted by atomic mass is 32.1. The van der Waals surface area contributed by atoms with Gasteiger partial charge in [-0.15, -0.1) is 11.3 Å². The van der Waals surface area contributed by atoms with Crippen LogP contribution in [0.1, 0.15) is 23.5 Å². The van der Waals surface area contributed by atoms with Gasteiger partial charge in [0.15, 0.2) is 0 Å². The molecule has 8 nitrogen and oxygen atoms in total. The lowest BCUT2D eigenvalue weighted by Crippen LogP contribution is -2.51. The third kappa shape index (κ3) is 4.79. The molecule has 0 saturated carbocycles. The van der Waals surface area contributed by atoms with Crippen LogP contribution < -0.4 is 4.90 Å². The lowest BCUT2D eigenvalue weighted by atomic mass is 9.95. The molecule has 3 heterocycles. The van der Waals surface area contributed by atoms with Crippen molar-refractivity contribution in [3.05, 3.63) is 50.5 Å². The van der Waals surface area contributed by atoms with Gasteiger partial charge in [-0.1, -0.05) is 6.07 Å². The van der Waals surface area contributed by atoms with Crippen LogP contribution in [0.2, 0.25) is 0 Å². The number of hydrogen-bond acceptors (Lipinski definition) is 7. The highest BCUT2D eigenvalue weighted by Crippen LogP contribution is 2.25. The van der Waals surface area contributed by atoms with Crippen LogP contribution >= 0.6 is 11.3 Å². The van der Waals surface area contributed by atoms with E-state index in [4.69, 9.17) is 0 Å². The largest absolute Gasteiger partial charge is 0.368 e. The molecule has 160 valence electrons. The van der Waals surface area contributed by atoms with Gasteiger partial charge in [-0.2, -0.15) is 0 Å². The Balaban J connectivity index is 1.26. The molecule has 9 heteroatoms. The van der Waals surface area contributed by atoms with Crippen LogP contribution in [-0.2, 0) is 11.3 Å². The van der Waals surface area contributed by atoms with E-state index in [-0.39, 0.29) is 22.4 Å². The number of anilines is 1. The molecule has 1 aromatic carbocycles. The number of piperazine rings is 1. The number of likely N-dealkylation sites (tertiary alicyclic amines) is 1. The first-order valence-electron chi connectivity index (χ1n) is 10.4. The number of hydrogen-bond donors (Lipinski definition) is 0. The second kappa shape index (κ2) is 9.09. The highest BCUT2D eigenvalue weighted by Gasteiger charge is 2.30. The Hall–Kier alpha value is -2.52. The Morgan fingerprint density at radius 1 is 1.20 bits per heavy atom. The molecule has 4 rings (SSSR count). The molecule has 2 aliphatic rings. The number of nitro benzene ring substituents is 1. The Morgan fingerprint density at radius 2 is 1.93 bits per heavy atom. The summed E-state index contributed by atoms with van der Waals surface area (Å²) in [7, 11) is 0. The molecular weight excluding hydrogens is 402 g/mol. The summed E-state index contributed by atoms with van der Waals surface area (Å²) in [5.41, 5.74) is 2.08. The minimum atomic E-state index is -0.370. The van der Waals surface area contributed by atoms with E-state index in [1.165, 1.54) is 6.07 Å². The average Bonchev–Trinajstić information content (AvgIpc) is 3.18. The number of rotatable bonds is 5. The molecule has 0 spiro atoms. The fraction of sp³-hybridized carbons (Fsp3) is 0.524. The highest BCUT2D eigenvalue weighted by molar-refractivity contribution is 7.09. The Kier molecular flexibility index (Phi) is 6.29. The molecule has 0 aliphatic carbocycles. The third-order valence-corrected chi connectivity index (χ3v) is 6.81. The van der Waals surface area contributed by atoms with Gasteiger partial charge in [0.1, 0.15) is 0 Å². The summed E-state index contributed by atoms with van der Waals surface area (Å²) < 4.78 is 0. The van der Waals surface area contributed by atoms with Gasteiger partial charge in [0.2, 0.25) is 5.91 Å². The van der Waals surface area contributed by atoms with Crippen molar-refractivity contribution in [2.45, 2.75) is 26.3 Å². The molecular formula is C21H27N5O3S. The van der Waals surface area contributed by atoms with Crippen LogP contribution in [0.25, 0.3) is 0 Å². The number of aromatic nitrogens is 1. The van der Waals surface area contributed by atoms with Crippen LogP contribution in [0.15, 0.2) is 29.6 Å². The van der Waals surface area contributed by atoms with Gasteiger partial charge in [-0.05, 0) is 38.9 Å². The number of piperidine rings is 1. The normalized spacial score (nSPS) is 18.6. The number of non-ortho nitro benzene ring substituents is 1. The van der Waals surface area contributed by atoms with E-state index < -0.39 is 0 Å². The summed E-state index contributed by atoms with van der Waals surface area (Å²) >= 11 is 1.68. The quantitative estimate of drug-likeness (QED) is 0.537. The summed E-state index contributed by atoms with van der Waals surface area (Å²) in [6.45, 7) is 7.50. The number of amides is 1. The number of aryl methyl sites for hydroxylation is 1. The lowest BCUT2D eigenvalue weighted by Gasteiger charge is -2.39. The van der Waals surface area contributed by atoms with E-state index in [0.29, 0.717) is 26.2 Å². The van der Waals surface area contributed by atoms with Crippen molar-refractivity contribution in [3.63, 3.8) is 0 Å². The van der Waals surface area contributed by atoms with E-state index >= 15 is 0 Å². The van der Waals surface area contributed by atoms with Gasteiger partial charge in [-0.3, -0.25) is 19.8 Å². The zero-order valence-electron chi connectivity index (χ0n) is 17.2. The van der Waals surface area contributed by atoms with Crippen molar-refractivity contribution in [2.24, 2.45) is 5.92 Å². The van der Waals surface area contributed by atoms with E-state index in [0.717, 1.165) is 48.9 Å². The van der Waals surface area contributed by atoms with E-state index in [2.05, 4.69) is 20.2 Å². The predicted molar refractivity (Wildman–Crippen MR) is 117 cm³/mol. The second-order valence-electron chi connectivity index (χ2n) is 8.00. The average molecular weight is 430 g/mol. The minimum absolute atomic E-state index is 0.0998. The number of carbonyl (C=O) groups excluding carboxylic acids is 1. The number of benzene rings is 1. The van der Waals surface area contributed by atoms with Crippen LogP contribution in [0.5, 0.6) is 0 Å². The first kappa shape index (κ1) is 20.7. The molecule has 0 unspecified atom stereocenters. The van der Waals surface area contributed by atoms with Crippen molar-refractivity contribution in [3.8, 4) is 0 Å². The fourth-order valence-electron chi connectivity index (χ4n) is 4.29. The summed E-state index contributed by atoms with van der Waals surface area (Å²) in [4.78, 5) is 34.7. The van der Waals surface area contributed by atoms with Crippen LogP contribution in [0, 0.1) is 23.0 Å². The summed E-state index contributed by atoms with van der Waals surface area (Å²) in [6, 6.07) is 6.72. The molecule has 2 aliphatic heterocycles. The third-order valence-electron chi connectivity index (χ3n) is 5.99. The van der Waals surface area contributed by atoms with Crippen LogP contribution in [0.3, 0.4) is 0 Å². The van der Waals surface area contributed by atoms with Crippen molar-refractivity contribution in [1.82, 2.24) is 14.8 Å². The molecule has 1 aromatic heterocycles. The van der Waals surface area contributed by atoms with Crippen molar-refractivity contribution >= 4 is 28.6 Å². The molecule has 0 atom stereocenters. The van der Waals surface area contributed by atoms with Gasteiger partial charge in [-0.25, -0.2) is 4.98 Å². The van der Waals surface area contributed by atoms with Gasteiger partial charge >= 0.3 is 0 Å². The Morgan fingerprint density at radius 3 is 2.57 bits per heavy atom. The molecule has 2 aromatic rings. The molecule has 0 N–H and O–H groups in total. The second-order valence-corrected chi connectivity index (χ2v) is 9.06. The molecule has 1 amide bonds. The standard InChI is InChI=1S/C21H27N5O3S/c1-16-22-18(15-30-16)14-23-7-5-17(6-8-23)21(27)25-11-9-24(10-12-25)19-3-2-4-20(13-19)26(28)29/h2-4,13,15,17H,5-12,14H2,1H3. The smallest absolute Gasteiger partial charge is 0.271 e. The Labute approximate surface area is 180 Å². The molecule has 0 bridgehead atoms. The summed E-state index contributed by atoms with van der Waals surface area (Å²) in [6.07, 6.45) is 1.79. The molecule has 30 heavy (non-hydrogen) atoms. The maximum atomic E-state index is 13.0. The van der Waals surface area contributed by atoms with Crippen LogP contribution in [0.4, 0.5) is 11.4 Å². The lowest BCUT2D eigenvalue weighted by molar-refractivity contribution is -0.384. The fourth-order valence-corrected chi connectivity index (χ4v) is 4.90. The van der Waals surface area contributed by atoms with Crippen molar-refractivity contribution in [2.75, 3.05) is 44.2 Å². The van der Waals surface area contributed by atoms with Gasteiger partial charge < -0.3 is 9.80 Å². The summed E-state index contributed by atoms with van der Waals surface area (Å²) in [5.74, 6) is 0.362. The molecule has 2 saturated heterocycles. The SMILES string of the molecule is Cc1nc(CN2CCC(C(=O)N3CCN(c4cccc([N+](=O)[O-])c4)CC3)CC2)cs1. The summed E-state index contributed by atoms with van der Waals surface area (Å²) in [5, 5.41) is 14.2. The topological polar surface area (TPSA) is 82.8 Å². The van der Waals surface area contributed by atoms with Gasteiger partial charge in [0, 0.05) is 61.8 Å². The Bertz CT molecular complexity index is 902. The van der Waals surface area contributed by atoms with E-state index in [1.807, 2.05) is 17.9 Å². The molecule has 2 fully saturated rings. The zero-order valence-corrected chi connectivity index (χ0v) is 18.0. The monoisotopic (exact) mass is 429 g/mol. The number of nitrogens with zero attached hydrogens (tertiary/aromatic N) is 5. The zero-order chi connectivity index (χ0) is 21.1. The number of carbonyl (C=O) groups is 1. The number of thiazole rings is 1.